The summed E-state index contributed by atoms with van der Waals surface area (Å²) in [6.07, 6.45) is 19.1. The second-order valence-electron chi connectivity index (χ2n) is 14.9. The van der Waals surface area contributed by atoms with Crippen LogP contribution in [0.25, 0.3) is 24.3 Å². The SMILES string of the molecule is O=C(/C=C/c1cc(/C=C/C(=O)c2ccccn2)cc(OCc2ccccc2)c1)c1ccccn1.O=C(/C=C/c1cc(/C=C/C(=O)c2ccccn2)cc(OCc2ccccc2)c1)c1ccccn1. The van der Waals surface area contributed by atoms with Crippen molar-refractivity contribution in [2.24, 2.45) is 0 Å². The van der Waals surface area contributed by atoms with E-state index in [-0.39, 0.29) is 23.1 Å². The monoisotopic (exact) mass is 892 g/mol. The maximum Gasteiger partial charge on any atom is 0.204 e. The first-order chi connectivity index (χ1) is 33.3. The van der Waals surface area contributed by atoms with Crippen LogP contribution in [-0.2, 0) is 13.2 Å². The van der Waals surface area contributed by atoms with Gasteiger partial charge in [-0.2, -0.15) is 0 Å². The molecule has 0 fully saturated rings. The maximum absolute atomic E-state index is 12.4. The van der Waals surface area contributed by atoms with Crippen molar-refractivity contribution in [1.29, 1.82) is 0 Å². The smallest absolute Gasteiger partial charge is 0.204 e. The molecular formula is C58H44N4O6. The lowest BCUT2D eigenvalue weighted by Crippen LogP contribution is -1.98. The topological polar surface area (TPSA) is 138 Å². The predicted octanol–water partition coefficient (Wildman–Crippen LogP) is 11.7. The number of pyridine rings is 4. The summed E-state index contributed by atoms with van der Waals surface area (Å²) < 4.78 is 12.0. The first-order valence-corrected chi connectivity index (χ1v) is 21.5. The van der Waals surface area contributed by atoms with E-state index in [2.05, 4.69) is 19.9 Å². The van der Waals surface area contributed by atoms with E-state index in [0.29, 0.717) is 47.5 Å². The molecule has 0 N–H and O–H groups in total. The first-order valence-electron chi connectivity index (χ1n) is 21.5. The number of allylic oxidation sites excluding steroid dienone is 4. The van der Waals surface area contributed by atoms with Gasteiger partial charge in [0.1, 0.15) is 47.5 Å². The number of hydrogen-bond donors (Lipinski definition) is 0. The Hall–Kier alpha value is -9.28. The summed E-state index contributed by atoms with van der Waals surface area (Å²) in [7, 11) is 0. The third-order valence-corrected chi connectivity index (χ3v) is 9.78. The molecule has 0 unspecified atom stereocenters. The average molecular weight is 893 g/mol. The Morgan fingerprint density at radius 3 is 0.853 bits per heavy atom. The van der Waals surface area contributed by atoms with Crippen LogP contribution in [0.2, 0.25) is 0 Å². The van der Waals surface area contributed by atoms with E-state index in [0.717, 1.165) is 33.4 Å². The molecule has 0 radical (unpaired) electrons. The van der Waals surface area contributed by atoms with E-state index < -0.39 is 0 Å². The molecule has 332 valence electrons. The Bertz CT molecular complexity index is 2680. The molecule has 8 rings (SSSR count). The van der Waals surface area contributed by atoms with Crippen molar-refractivity contribution in [3.63, 3.8) is 0 Å². The summed E-state index contributed by atoms with van der Waals surface area (Å²) in [6, 6.07) is 51.7. The Balaban J connectivity index is 0.000000201. The molecule has 0 saturated heterocycles. The largest absolute Gasteiger partial charge is 0.489 e. The highest BCUT2D eigenvalue weighted by Gasteiger charge is 2.08. The van der Waals surface area contributed by atoms with Gasteiger partial charge in [0.2, 0.25) is 23.1 Å². The van der Waals surface area contributed by atoms with Crippen molar-refractivity contribution < 1.29 is 28.7 Å². The van der Waals surface area contributed by atoms with Crippen molar-refractivity contribution in [1.82, 2.24) is 19.9 Å². The van der Waals surface area contributed by atoms with Crippen LogP contribution in [0.5, 0.6) is 11.5 Å². The van der Waals surface area contributed by atoms with Gasteiger partial charge in [0, 0.05) is 24.8 Å². The molecule has 0 aliphatic carbocycles. The number of hydrogen-bond acceptors (Lipinski definition) is 10. The summed E-state index contributed by atoms with van der Waals surface area (Å²) in [4.78, 5) is 66.0. The summed E-state index contributed by atoms with van der Waals surface area (Å²) >= 11 is 0. The molecule has 0 saturated carbocycles. The predicted molar refractivity (Wildman–Crippen MR) is 265 cm³/mol. The highest BCUT2D eigenvalue weighted by molar-refractivity contribution is 6.07. The van der Waals surface area contributed by atoms with Crippen molar-refractivity contribution >= 4 is 47.4 Å². The Morgan fingerprint density at radius 1 is 0.338 bits per heavy atom. The van der Waals surface area contributed by atoms with Gasteiger partial charge in [0.15, 0.2) is 0 Å². The van der Waals surface area contributed by atoms with Crippen molar-refractivity contribution in [2.45, 2.75) is 13.2 Å². The third-order valence-electron chi connectivity index (χ3n) is 9.78. The van der Waals surface area contributed by atoms with Gasteiger partial charge in [0.25, 0.3) is 0 Å². The van der Waals surface area contributed by atoms with Gasteiger partial charge in [-0.1, -0.05) is 109 Å². The van der Waals surface area contributed by atoms with Crippen LogP contribution >= 0.6 is 0 Å². The maximum atomic E-state index is 12.4. The van der Waals surface area contributed by atoms with Crippen molar-refractivity contribution in [3.8, 4) is 11.5 Å². The van der Waals surface area contributed by atoms with Crippen LogP contribution in [-0.4, -0.2) is 43.1 Å². The van der Waals surface area contributed by atoms with E-state index in [1.165, 1.54) is 24.3 Å². The second-order valence-corrected chi connectivity index (χ2v) is 14.9. The minimum atomic E-state index is -0.196. The number of carbonyl (C=O) groups excluding carboxylic acids is 4. The minimum absolute atomic E-state index is 0.196. The highest BCUT2D eigenvalue weighted by atomic mass is 16.5. The zero-order valence-corrected chi connectivity index (χ0v) is 36.7. The van der Waals surface area contributed by atoms with E-state index in [1.807, 2.05) is 97.1 Å². The normalized spacial score (nSPS) is 11.1. The second kappa shape index (κ2) is 24.7. The Labute approximate surface area is 394 Å². The molecule has 0 aliphatic rings. The van der Waals surface area contributed by atoms with Crippen molar-refractivity contribution in [2.75, 3.05) is 0 Å². The third kappa shape index (κ3) is 14.9. The molecule has 8 aromatic rings. The van der Waals surface area contributed by atoms with Crippen LogP contribution in [0.3, 0.4) is 0 Å². The van der Waals surface area contributed by atoms with E-state index >= 15 is 0 Å². The summed E-state index contributed by atoms with van der Waals surface area (Å²) in [5.74, 6) is 0.469. The molecular weight excluding hydrogens is 849 g/mol. The van der Waals surface area contributed by atoms with Gasteiger partial charge in [0.05, 0.1) is 0 Å². The van der Waals surface area contributed by atoms with Crippen LogP contribution in [0.1, 0.15) is 75.3 Å². The molecule has 10 nitrogen and oxygen atoms in total. The quantitative estimate of drug-likeness (QED) is 0.0604. The highest BCUT2D eigenvalue weighted by Crippen LogP contribution is 2.23. The van der Waals surface area contributed by atoms with Gasteiger partial charge in [-0.3, -0.25) is 39.1 Å². The molecule has 0 aliphatic heterocycles. The minimum Gasteiger partial charge on any atom is -0.489 e. The number of aromatic nitrogens is 4. The number of carbonyl (C=O) groups is 4. The lowest BCUT2D eigenvalue weighted by molar-refractivity contribution is 0.103. The molecule has 68 heavy (non-hydrogen) atoms. The van der Waals surface area contributed by atoms with Gasteiger partial charge in [-0.25, -0.2) is 0 Å². The molecule has 0 atom stereocenters. The van der Waals surface area contributed by atoms with Gasteiger partial charge in [-0.05, 0) is 143 Å². The number of benzene rings is 4. The molecule has 0 spiro atoms. The van der Waals surface area contributed by atoms with Crippen LogP contribution < -0.4 is 9.47 Å². The Morgan fingerprint density at radius 2 is 0.603 bits per heavy atom. The average Bonchev–Trinajstić information content (AvgIpc) is 3.41. The summed E-state index contributed by atoms with van der Waals surface area (Å²) in [6.45, 7) is 0.799. The van der Waals surface area contributed by atoms with E-state index in [9.17, 15) is 19.2 Å². The number of nitrogens with zero attached hydrogens (tertiary/aromatic N) is 4. The molecule has 10 heteroatoms. The molecule has 4 aromatic heterocycles. The van der Waals surface area contributed by atoms with Gasteiger partial charge in [-0.15, -0.1) is 0 Å². The lowest BCUT2D eigenvalue weighted by Gasteiger charge is -2.09. The molecule has 4 heterocycles. The molecule has 0 amide bonds. The van der Waals surface area contributed by atoms with E-state index in [4.69, 9.17) is 9.47 Å². The van der Waals surface area contributed by atoms with Crippen LogP contribution in [0, 0.1) is 0 Å². The zero-order valence-electron chi connectivity index (χ0n) is 36.7. The summed E-state index contributed by atoms with van der Waals surface area (Å²) in [5, 5.41) is 0. The summed E-state index contributed by atoms with van der Waals surface area (Å²) in [5.41, 5.74) is 6.62. The van der Waals surface area contributed by atoms with Crippen molar-refractivity contribution in [3.05, 3.63) is 275 Å². The fraction of sp³-hybridized carbons (Fsp3) is 0.0345. The number of rotatable bonds is 18. The molecule has 4 aromatic carbocycles. The Kier molecular flexibility index (Phi) is 17.0. The fourth-order valence-electron chi connectivity index (χ4n) is 6.39. The van der Waals surface area contributed by atoms with Crippen LogP contribution in [0.15, 0.2) is 219 Å². The number of ether oxygens (including phenoxy) is 2. The standard InChI is InChI=1S/2C29H22N2O3/c2*32-28(26-10-4-6-16-30-26)14-12-23-18-24(13-15-29(33)27-11-5-7-17-31-27)20-25(19-23)34-21-22-8-2-1-3-9-22/h2*1-20H,21H2/b2*14-12+,15-13+. The molecule has 0 bridgehead atoms. The zero-order chi connectivity index (χ0) is 47.2. The van der Waals surface area contributed by atoms with Gasteiger partial charge >= 0.3 is 0 Å². The van der Waals surface area contributed by atoms with Crippen LogP contribution in [0.4, 0.5) is 0 Å². The van der Waals surface area contributed by atoms with E-state index in [1.54, 1.807) is 122 Å². The first kappa shape index (κ1) is 46.7. The number of ketones is 4. The van der Waals surface area contributed by atoms with Gasteiger partial charge < -0.3 is 9.47 Å². The fourth-order valence-corrected chi connectivity index (χ4v) is 6.39. The lowest BCUT2D eigenvalue weighted by atomic mass is 10.1.